The van der Waals surface area contributed by atoms with Crippen molar-refractivity contribution in [1.82, 2.24) is 20.2 Å². The van der Waals surface area contributed by atoms with Gasteiger partial charge in [-0.1, -0.05) is 60.2 Å². The molecule has 3 N–H and O–H groups in total. The number of nitrogens with zero attached hydrogens (tertiary/aromatic N) is 4. The maximum atomic E-state index is 13.1. The molecule has 0 unspecified atom stereocenters. The summed E-state index contributed by atoms with van der Waals surface area (Å²) in [5.74, 6) is 0.590. The largest absolute Gasteiger partial charge is 0.326 e. The zero-order chi connectivity index (χ0) is 25.9. The molecule has 1 aliphatic heterocycles. The van der Waals surface area contributed by atoms with Crippen molar-refractivity contribution in [3.05, 3.63) is 107 Å². The van der Waals surface area contributed by atoms with E-state index in [1.165, 1.54) is 0 Å². The minimum atomic E-state index is -0.558. The van der Waals surface area contributed by atoms with Gasteiger partial charge in [0.05, 0.1) is 24.2 Å². The van der Waals surface area contributed by atoms with Gasteiger partial charge in [0.25, 0.3) is 0 Å². The van der Waals surface area contributed by atoms with Gasteiger partial charge in [-0.05, 0) is 37.6 Å². The van der Waals surface area contributed by atoms with Crippen molar-refractivity contribution in [3.8, 4) is 5.69 Å². The second-order valence-electron chi connectivity index (χ2n) is 8.98. The number of hydrogen-bond acceptors (Lipinski definition) is 6. The summed E-state index contributed by atoms with van der Waals surface area (Å²) in [6.45, 7) is 3.93. The van der Waals surface area contributed by atoms with E-state index in [1.807, 2.05) is 66.9 Å². The van der Waals surface area contributed by atoms with Gasteiger partial charge < -0.3 is 5.32 Å². The van der Waals surface area contributed by atoms with E-state index < -0.39 is 11.9 Å². The topological polar surface area (TPSA) is 122 Å². The Morgan fingerprint density at radius 2 is 1.65 bits per heavy atom. The third-order valence-electron chi connectivity index (χ3n) is 6.26. The number of hydrogen-bond donors (Lipinski definition) is 3. The SMILES string of the molecule is Cc1ccc(C2=N[C@@H](CC(=O)Nc3ccc(CC(=O)NO)cc3)c3nnc(C)n3-c3ccccc32)cc1. The maximum Gasteiger partial charge on any atom is 0.247 e. The molecule has 0 aliphatic carbocycles. The van der Waals surface area contributed by atoms with Gasteiger partial charge >= 0.3 is 0 Å². The van der Waals surface area contributed by atoms with E-state index in [1.54, 1.807) is 29.7 Å². The van der Waals surface area contributed by atoms with Gasteiger partial charge in [-0.2, -0.15) is 0 Å². The van der Waals surface area contributed by atoms with Gasteiger partial charge in [-0.25, -0.2) is 5.48 Å². The van der Waals surface area contributed by atoms with E-state index in [4.69, 9.17) is 10.2 Å². The molecule has 1 aromatic heterocycles. The predicted octanol–water partition coefficient (Wildman–Crippen LogP) is 3.85. The molecule has 5 rings (SSSR count). The molecule has 0 radical (unpaired) electrons. The lowest BCUT2D eigenvalue weighted by Gasteiger charge is -2.13. The number of aliphatic imine (C=N–C) groups is 1. The fourth-order valence-corrected chi connectivity index (χ4v) is 4.44. The molecule has 37 heavy (non-hydrogen) atoms. The molecule has 0 spiro atoms. The number of benzene rings is 3. The van der Waals surface area contributed by atoms with Gasteiger partial charge in [0.1, 0.15) is 11.9 Å². The van der Waals surface area contributed by atoms with Crippen LogP contribution in [0, 0.1) is 13.8 Å². The first-order chi connectivity index (χ1) is 17.9. The highest BCUT2D eigenvalue weighted by atomic mass is 16.5. The van der Waals surface area contributed by atoms with Crippen LogP contribution in [0.3, 0.4) is 0 Å². The van der Waals surface area contributed by atoms with Crippen LogP contribution < -0.4 is 10.8 Å². The second-order valence-corrected chi connectivity index (χ2v) is 8.98. The van der Waals surface area contributed by atoms with Crippen LogP contribution in [0.2, 0.25) is 0 Å². The van der Waals surface area contributed by atoms with Crippen molar-refractivity contribution in [2.75, 3.05) is 5.32 Å². The predicted molar refractivity (Wildman–Crippen MR) is 139 cm³/mol. The maximum absolute atomic E-state index is 13.1. The number of carbonyl (C=O) groups excluding carboxylic acids is 2. The molecule has 4 aromatic rings. The monoisotopic (exact) mass is 494 g/mol. The molecule has 9 heteroatoms. The summed E-state index contributed by atoms with van der Waals surface area (Å²) in [7, 11) is 0. The van der Waals surface area contributed by atoms with Crippen LogP contribution >= 0.6 is 0 Å². The smallest absolute Gasteiger partial charge is 0.247 e. The van der Waals surface area contributed by atoms with Crippen LogP contribution in [0.25, 0.3) is 5.69 Å². The highest BCUT2D eigenvalue weighted by Crippen LogP contribution is 2.32. The molecule has 0 bridgehead atoms. The first-order valence-electron chi connectivity index (χ1n) is 11.9. The number of fused-ring (bicyclic) bond motifs is 3. The van der Waals surface area contributed by atoms with E-state index in [0.717, 1.165) is 33.9 Å². The van der Waals surface area contributed by atoms with Crippen molar-refractivity contribution >= 4 is 23.2 Å². The number of nitrogens with one attached hydrogen (secondary N) is 2. The Hall–Kier alpha value is -4.63. The van der Waals surface area contributed by atoms with Crippen LogP contribution in [-0.4, -0.2) is 37.5 Å². The fraction of sp³-hybridized carbons (Fsp3) is 0.179. The van der Waals surface area contributed by atoms with Crippen molar-refractivity contribution < 1.29 is 14.8 Å². The molecular formula is C28H26N6O3. The summed E-state index contributed by atoms with van der Waals surface area (Å²) in [6, 6.07) is 22.5. The van der Waals surface area contributed by atoms with Crippen LogP contribution in [0.1, 0.15) is 46.4 Å². The summed E-state index contributed by atoms with van der Waals surface area (Å²) < 4.78 is 1.97. The lowest BCUT2D eigenvalue weighted by Crippen LogP contribution is -2.20. The fourth-order valence-electron chi connectivity index (χ4n) is 4.44. The number of rotatable bonds is 6. The molecule has 1 atom stereocenters. The molecule has 9 nitrogen and oxygen atoms in total. The first-order valence-corrected chi connectivity index (χ1v) is 11.9. The standard InChI is InChI=1S/C28H26N6O3/c1-17-7-11-20(12-8-17)27-22-5-3-4-6-24(22)34-18(2)31-32-28(34)23(30-27)16-25(35)29-21-13-9-19(10-14-21)15-26(36)33-37/h3-14,23,37H,15-16H2,1-2H3,(H,29,35)(H,33,36)/t23-/m0/s1. The number of anilines is 1. The third-order valence-corrected chi connectivity index (χ3v) is 6.26. The molecule has 2 heterocycles. The summed E-state index contributed by atoms with van der Waals surface area (Å²) in [4.78, 5) is 29.6. The van der Waals surface area contributed by atoms with Crippen LogP contribution in [0.15, 0.2) is 77.8 Å². The average molecular weight is 495 g/mol. The summed E-state index contributed by atoms with van der Waals surface area (Å²) >= 11 is 0. The van der Waals surface area contributed by atoms with Gasteiger partial charge in [0.2, 0.25) is 11.8 Å². The van der Waals surface area contributed by atoms with Gasteiger partial charge in [0, 0.05) is 16.8 Å². The number of hydroxylamine groups is 1. The number of aryl methyl sites for hydroxylation is 2. The molecule has 1 aliphatic rings. The highest BCUT2D eigenvalue weighted by molar-refractivity contribution is 6.15. The molecular weight excluding hydrogens is 468 g/mol. The van der Waals surface area contributed by atoms with Crippen molar-refractivity contribution in [2.24, 2.45) is 4.99 Å². The summed E-state index contributed by atoms with van der Waals surface area (Å²) in [5.41, 5.74) is 7.69. The molecule has 0 fully saturated rings. The summed E-state index contributed by atoms with van der Waals surface area (Å²) in [6.07, 6.45) is 0.106. The molecule has 0 saturated heterocycles. The first kappa shape index (κ1) is 24.1. The van der Waals surface area contributed by atoms with Crippen LogP contribution in [0.4, 0.5) is 5.69 Å². The van der Waals surface area contributed by atoms with E-state index in [9.17, 15) is 9.59 Å². The van der Waals surface area contributed by atoms with Gasteiger partial charge in [0.15, 0.2) is 5.82 Å². The molecule has 186 valence electrons. The average Bonchev–Trinajstić information content (AvgIpc) is 3.22. The normalized spacial score (nSPS) is 14.1. The Morgan fingerprint density at radius 3 is 2.38 bits per heavy atom. The Balaban J connectivity index is 1.47. The zero-order valence-electron chi connectivity index (χ0n) is 20.5. The van der Waals surface area contributed by atoms with Crippen LogP contribution in [0.5, 0.6) is 0 Å². The highest BCUT2D eigenvalue weighted by Gasteiger charge is 2.29. The Labute approximate surface area is 213 Å². The summed E-state index contributed by atoms with van der Waals surface area (Å²) in [5, 5.41) is 20.3. The Kier molecular flexibility index (Phi) is 6.61. The van der Waals surface area contributed by atoms with Crippen molar-refractivity contribution in [2.45, 2.75) is 32.7 Å². The Morgan fingerprint density at radius 1 is 0.919 bits per heavy atom. The minimum absolute atomic E-state index is 0.0405. The van der Waals surface area contributed by atoms with E-state index >= 15 is 0 Å². The molecule has 2 amide bonds. The van der Waals surface area contributed by atoms with E-state index in [2.05, 4.69) is 15.5 Å². The lowest BCUT2D eigenvalue weighted by molar-refractivity contribution is -0.128. The van der Waals surface area contributed by atoms with Gasteiger partial charge in [-0.3, -0.25) is 24.4 Å². The van der Waals surface area contributed by atoms with Crippen molar-refractivity contribution in [1.29, 1.82) is 0 Å². The number of amides is 2. The van der Waals surface area contributed by atoms with E-state index in [0.29, 0.717) is 17.1 Å². The van der Waals surface area contributed by atoms with Crippen LogP contribution in [-0.2, 0) is 16.0 Å². The number of aromatic nitrogens is 3. The minimum Gasteiger partial charge on any atom is -0.326 e. The van der Waals surface area contributed by atoms with Gasteiger partial charge in [-0.15, -0.1) is 10.2 Å². The number of para-hydroxylation sites is 1. The molecule has 3 aromatic carbocycles. The lowest BCUT2D eigenvalue weighted by atomic mass is 9.99. The van der Waals surface area contributed by atoms with Crippen molar-refractivity contribution in [3.63, 3.8) is 0 Å². The molecule has 0 saturated carbocycles. The second kappa shape index (κ2) is 10.2. The third kappa shape index (κ3) is 5.03. The quantitative estimate of drug-likeness (QED) is 0.278. The number of carbonyl (C=O) groups is 2. The Bertz CT molecular complexity index is 1490. The van der Waals surface area contributed by atoms with E-state index in [-0.39, 0.29) is 18.7 Å². The zero-order valence-corrected chi connectivity index (χ0v) is 20.5.